The second-order valence-corrected chi connectivity index (χ2v) is 5.30. The van der Waals surface area contributed by atoms with E-state index in [0.717, 1.165) is 23.0 Å². The van der Waals surface area contributed by atoms with Gasteiger partial charge in [0.25, 0.3) is 0 Å². The van der Waals surface area contributed by atoms with Crippen molar-refractivity contribution in [3.05, 3.63) is 33.9 Å². The van der Waals surface area contributed by atoms with Crippen LogP contribution < -0.4 is 5.32 Å². The molecule has 1 aliphatic rings. The molecule has 1 aromatic heterocycles. The molecule has 0 atom stereocenters. The van der Waals surface area contributed by atoms with Crippen molar-refractivity contribution in [3.8, 4) is 6.07 Å². The lowest BCUT2D eigenvalue weighted by molar-refractivity contribution is 0.668. The van der Waals surface area contributed by atoms with E-state index < -0.39 is 0 Å². The fourth-order valence-electron chi connectivity index (χ4n) is 2.03. The zero-order valence-corrected chi connectivity index (χ0v) is 11.2. The number of halogens is 1. The number of hydrogen-bond donors (Lipinski definition) is 1. The predicted octanol–water partition coefficient (Wildman–Crippen LogP) is 3.15. The monoisotopic (exact) mass is 291 g/mol. The van der Waals surface area contributed by atoms with Gasteiger partial charge in [0.15, 0.2) is 0 Å². The number of nitriles is 1. The molecule has 0 unspecified atom stereocenters. The van der Waals surface area contributed by atoms with Crippen LogP contribution in [-0.2, 0) is 12.8 Å². The van der Waals surface area contributed by atoms with Crippen LogP contribution in [0.15, 0.2) is 17.1 Å². The maximum Gasteiger partial charge on any atom is 0.144 e. The van der Waals surface area contributed by atoms with Crippen LogP contribution in [0.2, 0.25) is 0 Å². The largest absolute Gasteiger partial charge is 0.364 e. The molecular weight excluding hydrogens is 278 g/mol. The van der Waals surface area contributed by atoms with Crippen molar-refractivity contribution in [1.82, 2.24) is 4.98 Å². The van der Waals surface area contributed by atoms with Crippen LogP contribution in [0, 0.1) is 11.3 Å². The molecule has 0 radical (unpaired) electrons. The van der Waals surface area contributed by atoms with Crippen LogP contribution in [0.3, 0.4) is 0 Å². The maximum absolute atomic E-state index is 9.12. The fraction of sp³-hybridized carbons (Fsp3) is 0.385. The van der Waals surface area contributed by atoms with Crippen molar-refractivity contribution in [1.29, 1.82) is 5.26 Å². The van der Waals surface area contributed by atoms with Crippen LogP contribution in [0.5, 0.6) is 0 Å². The second-order valence-electron chi connectivity index (χ2n) is 4.18. The minimum Gasteiger partial charge on any atom is -0.364 e. The third-order valence-corrected chi connectivity index (χ3v) is 3.15. The van der Waals surface area contributed by atoms with Crippen molar-refractivity contribution < 1.29 is 0 Å². The van der Waals surface area contributed by atoms with Crippen molar-refractivity contribution in [2.75, 3.05) is 11.9 Å². The van der Waals surface area contributed by atoms with Gasteiger partial charge in [0, 0.05) is 16.7 Å². The summed E-state index contributed by atoms with van der Waals surface area (Å²) in [7, 11) is 0. The van der Waals surface area contributed by atoms with E-state index in [4.69, 9.17) is 5.26 Å². The van der Waals surface area contributed by atoms with Gasteiger partial charge in [0.2, 0.25) is 0 Å². The minimum absolute atomic E-state index is 0.584. The highest BCUT2D eigenvalue weighted by molar-refractivity contribution is 9.11. The highest BCUT2D eigenvalue weighted by Crippen LogP contribution is 2.24. The zero-order chi connectivity index (χ0) is 12.3. The Hall–Kier alpha value is -1.34. The average Bonchev–Trinajstić information content (AvgIpc) is 2.35. The first-order valence-corrected chi connectivity index (χ1v) is 6.50. The Morgan fingerprint density at radius 1 is 1.53 bits per heavy atom. The number of nitrogens with zero attached hydrogens (tertiary/aromatic N) is 2. The van der Waals surface area contributed by atoms with Gasteiger partial charge in [-0.15, -0.1) is 0 Å². The molecule has 4 heteroatoms. The summed E-state index contributed by atoms with van der Waals surface area (Å²) >= 11 is 3.29. The van der Waals surface area contributed by atoms with Gasteiger partial charge in [-0.05, 0) is 37.3 Å². The van der Waals surface area contributed by atoms with E-state index in [0.29, 0.717) is 17.9 Å². The molecule has 1 heterocycles. The zero-order valence-electron chi connectivity index (χ0n) is 9.59. The van der Waals surface area contributed by atoms with E-state index in [1.807, 2.05) is 6.07 Å². The van der Waals surface area contributed by atoms with E-state index in [2.05, 4.69) is 38.9 Å². The third kappa shape index (κ3) is 2.86. The summed E-state index contributed by atoms with van der Waals surface area (Å²) in [5, 5.41) is 12.3. The lowest BCUT2D eigenvalue weighted by Gasteiger charge is -2.17. The summed E-state index contributed by atoms with van der Waals surface area (Å²) in [6, 6.07) is 4.17. The summed E-state index contributed by atoms with van der Waals surface area (Å²) in [5.74, 6) is 0.675. The molecule has 1 aromatic rings. The summed E-state index contributed by atoms with van der Waals surface area (Å²) in [5.41, 5.74) is 2.99. The number of pyridine rings is 1. The molecule has 0 saturated heterocycles. The summed E-state index contributed by atoms with van der Waals surface area (Å²) in [6.45, 7) is 4.34. The normalized spacial score (nSPS) is 13.6. The molecule has 2 rings (SSSR count). The number of rotatable bonds is 3. The SMILES string of the molecule is C=C(Br)CNc1nc2c(cc1C#N)CCCC2. The van der Waals surface area contributed by atoms with Crippen molar-refractivity contribution in [2.45, 2.75) is 25.7 Å². The first-order chi connectivity index (χ1) is 8.20. The van der Waals surface area contributed by atoms with Crippen LogP contribution in [0.1, 0.15) is 29.7 Å². The first-order valence-electron chi connectivity index (χ1n) is 5.70. The standard InChI is InChI=1S/C13H14BrN3/c1-9(14)8-16-13-11(7-15)6-10-4-2-3-5-12(10)17-13/h6H,1-5,8H2,(H,16,17). The van der Waals surface area contributed by atoms with Gasteiger partial charge in [-0.2, -0.15) is 5.26 Å². The summed E-state index contributed by atoms with van der Waals surface area (Å²) < 4.78 is 0.848. The molecule has 17 heavy (non-hydrogen) atoms. The topological polar surface area (TPSA) is 48.7 Å². The quantitative estimate of drug-likeness (QED) is 0.931. The molecular formula is C13H14BrN3. The van der Waals surface area contributed by atoms with Gasteiger partial charge in [-0.25, -0.2) is 4.98 Å². The summed E-state index contributed by atoms with van der Waals surface area (Å²) in [6.07, 6.45) is 4.45. The number of fused-ring (bicyclic) bond motifs is 1. The highest BCUT2D eigenvalue weighted by Gasteiger charge is 2.14. The molecule has 0 aromatic carbocycles. The molecule has 0 fully saturated rings. The van der Waals surface area contributed by atoms with Gasteiger partial charge in [-0.3, -0.25) is 0 Å². The fourth-order valence-corrected chi connectivity index (χ4v) is 2.17. The van der Waals surface area contributed by atoms with Crippen LogP contribution in [0.4, 0.5) is 5.82 Å². The van der Waals surface area contributed by atoms with Crippen molar-refractivity contribution in [2.24, 2.45) is 0 Å². The van der Waals surface area contributed by atoms with Gasteiger partial charge in [-0.1, -0.05) is 22.5 Å². The molecule has 0 bridgehead atoms. The third-order valence-electron chi connectivity index (χ3n) is 2.87. The molecule has 0 saturated carbocycles. The van der Waals surface area contributed by atoms with Gasteiger partial charge < -0.3 is 5.32 Å². The van der Waals surface area contributed by atoms with Crippen molar-refractivity contribution in [3.63, 3.8) is 0 Å². The number of anilines is 1. The Morgan fingerprint density at radius 2 is 2.29 bits per heavy atom. The van der Waals surface area contributed by atoms with Crippen molar-refractivity contribution >= 4 is 21.7 Å². The molecule has 0 amide bonds. The number of nitrogens with one attached hydrogen (secondary N) is 1. The molecule has 0 spiro atoms. The first kappa shape index (κ1) is 12.1. The molecule has 1 aliphatic carbocycles. The number of aryl methyl sites for hydroxylation is 2. The molecule has 1 N–H and O–H groups in total. The number of aromatic nitrogens is 1. The molecule has 88 valence electrons. The van der Waals surface area contributed by atoms with Gasteiger partial charge in [0.05, 0.1) is 5.56 Å². The Balaban J connectivity index is 2.30. The van der Waals surface area contributed by atoms with E-state index in [1.165, 1.54) is 18.4 Å². The minimum atomic E-state index is 0.584. The van der Waals surface area contributed by atoms with Crippen LogP contribution in [0.25, 0.3) is 0 Å². The lowest BCUT2D eigenvalue weighted by atomic mass is 9.95. The Kier molecular flexibility index (Phi) is 3.80. The lowest BCUT2D eigenvalue weighted by Crippen LogP contribution is -2.11. The Bertz CT molecular complexity index is 488. The second kappa shape index (κ2) is 5.33. The molecule has 3 nitrogen and oxygen atoms in total. The van der Waals surface area contributed by atoms with E-state index in [1.54, 1.807) is 0 Å². The van der Waals surface area contributed by atoms with E-state index >= 15 is 0 Å². The van der Waals surface area contributed by atoms with Gasteiger partial charge >= 0.3 is 0 Å². The average molecular weight is 292 g/mol. The predicted molar refractivity (Wildman–Crippen MR) is 72.2 cm³/mol. The maximum atomic E-state index is 9.12. The number of hydrogen-bond acceptors (Lipinski definition) is 3. The van der Waals surface area contributed by atoms with E-state index in [-0.39, 0.29) is 0 Å². The van der Waals surface area contributed by atoms with Gasteiger partial charge in [0.1, 0.15) is 11.9 Å². The smallest absolute Gasteiger partial charge is 0.144 e. The Morgan fingerprint density at radius 3 is 3.00 bits per heavy atom. The molecule has 0 aliphatic heterocycles. The Labute approximate surface area is 110 Å². The van der Waals surface area contributed by atoms with E-state index in [9.17, 15) is 0 Å². The highest BCUT2D eigenvalue weighted by atomic mass is 79.9. The van der Waals surface area contributed by atoms with Crippen LogP contribution in [-0.4, -0.2) is 11.5 Å². The van der Waals surface area contributed by atoms with Crippen LogP contribution >= 0.6 is 15.9 Å². The summed E-state index contributed by atoms with van der Waals surface area (Å²) in [4.78, 5) is 4.56.